The lowest BCUT2D eigenvalue weighted by Gasteiger charge is -1.84. The number of aromatic nitrogens is 2. The lowest BCUT2D eigenvalue weighted by atomic mass is 10.9. The SMILES string of the molecule is CS(=O)(=O)c1nnc(CBr)s1. The van der Waals surface area contributed by atoms with Crippen LogP contribution >= 0.6 is 27.3 Å². The number of alkyl halides is 1. The van der Waals surface area contributed by atoms with E-state index < -0.39 is 9.84 Å². The number of sulfone groups is 1. The van der Waals surface area contributed by atoms with Gasteiger partial charge in [-0.25, -0.2) is 8.42 Å². The Morgan fingerprint density at radius 3 is 2.45 bits per heavy atom. The smallest absolute Gasteiger partial charge is 0.221 e. The summed E-state index contributed by atoms with van der Waals surface area (Å²) >= 11 is 4.23. The Labute approximate surface area is 76.7 Å². The minimum absolute atomic E-state index is 0.0759. The van der Waals surface area contributed by atoms with Gasteiger partial charge < -0.3 is 0 Å². The first-order valence-electron chi connectivity index (χ1n) is 2.62. The second-order valence-electron chi connectivity index (χ2n) is 1.87. The monoisotopic (exact) mass is 256 g/mol. The van der Waals surface area contributed by atoms with Gasteiger partial charge >= 0.3 is 0 Å². The van der Waals surface area contributed by atoms with Crippen molar-refractivity contribution in [3.8, 4) is 0 Å². The number of rotatable bonds is 2. The van der Waals surface area contributed by atoms with Gasteiger partial charge in [-0.05, 0) is 0 Å². The first-order valence-corrected chi connectivity index (χ1v) is 6.45. The zero-order valence-electron chi connectivity index (χ0n) is 5.61. The van der Waals surface area contributed by atoms with Crippen molar-refractivity contribution in [3.05, 3.63) is 5.01 Å². The second kappa shape index (κ2) is 3.16. The van der Waals surface area contributed by atoms with Crippen molar-refractivity contribution in [2.75, 3.05) is 6.26 Å². The van der Waals surface area contributed by atoms with E-state index in [-0.39, 0.29) is 4.34 Å². The molecule has 0 spiro atoms. The molecule has 0 radical (unpaired) electrons. The molecule has 0 saturated carbocycles. The fourth-order valence-electron chi connectivity index (χ4n) is 0.442. The first kappa shape index (κ1) is 9.08. The van der Waals surface area contributed by atoms with E-state index in [4.69, 9.17) is 0 Å². The van der Waals surface area contributed by atoms with Gasteiger partial charge in [-0.2, -0.15) is 0 Å². The third-order valence-electron chi connectivity index (χ3n) is 0.880. The van der Waals surface area contributed by atoms with Crippen molar-refractivity contribution in [2.45, 2.75) is 9.67 Å². The average Bonchev–Trinajstić information content (AvgIpc) is 2.32. The number of hydrogen-bond donors (Lipinski definition) is 0. The Balaban J connectivity index is 3.09. The quantitative estimate of drug-likeness (QED) is 0.736. The number of hydrogen-bond acceptors (Lipinski definition) is 5. The summed E-state index contributed by atoms with van der Waals surface area (Å²) in [6.07, 6.45) is 1.12. The molecule has 0 atom stereocenters. The zero-order valence-corrected chi connectivity index (χ0v) is 8.83. The van der Waals surface area contributed by atoms with Crippen LogP contribution in [0.25, 0.3) is 0 Å². The maximum absolute atomic E-state index is 10.9. The van der Waals surface area contributed by atoms with Crippen LogP contribution < -0.4 is 0 Å². The largest absolute Gasteiger partial charge is 0.232 e. The standard InChI is InChI=1S/C4H5BrN2O2S2/c1-11(8,9)4-7-6-3(2-5)10-4/h2H2,1H3. The summed E-state index contributed by atoms with van der Waals surface area (Å²) in [5.41, 5.74) is 0. The van der Waals surface area contributed by atoms with Crippen molar-refractivity contribution in [3.63, 3.8) is 0 Å². The average molecular weight is 257 g/mol. The number of halogens is 1. The predicted octanol–water partition coefficient (Wildman–Crippen LogP) is 0.836. The van der Waals surface area contributed by atoms with Gasteiger partial charge in [0.25, 0.3) is 0 Å². The molecular weight excluding hydrogens is 252 g/mol. The molecule has 0 fully saturated rings. The van der Waals surface area contributed by atoms with Crippen molar-refractivity contribution in [2.24, 2.45) is 0 Å². The molecule has 7 heteroatoms. The minimum atomic E-state index is -3.17. The molecule has 0 N–H and O–H groups in total. The molecule has 0 unspecified atom stereocenters. The molecule has 0 aromatic carbocycles. The number of nitrogens with zero attached hydrogens (tertiary/aromatic N) is 2. The van der Waals surface area contributed by atoms with E-state index in [9.17, 15) is 8.42 Å². The second-order valence-corrected chi connectivity index (χ2v) is 5.68. The Morgan fingerprint density at radius 2 is 2.18 bits per heavy atom. The highest BCUT2D eigenvalue weighted by Gasteiger charge is 2.12. The van der Waals surface area contributed by atoms with E-state index in [1.165, 1.54) is 0 Å². The molecule has 1 aromatic heterocycles. The summed E-state index contributed by atoms with van der Waals surface area (Å²) in [7, 11) is -3.17. The maximum atomic E-state index is 10.9. The molecule has 0 aliphatic rings. The summed E-state index contributed by atoms with van der Waals surface area (Å²) in [5.74, 6) is 0. The molecular formula is C4H5BrN2O2S2. The molecule has 0 saturated heterocycles. The summed E-state index contributed by atoms with van der Waals surface area (Å²) in [5, 5.41) is 8.37. The topological polar surface area (TPSA) is 59.9 Å². The summed E-state index contributed by atoms with van der Waals surface area (Å²) in [6, 6.07) is 0. The third-order valence-corrected chi connectivity index (χ3v) is 4.37. The molecule has 1 heterocycles. The van der Waals surface area contributed by atoms with E-state index in [2.05, 4.69) is 26.1 Å². The fraction of sp³-hybridized carbons (Fsp3) is 0.500. The molecule has 1 aromatic rings. The summed E-state index contributed by atoms with van der Waals surface area (Å²) in [6.45, 7) is 0. The molecule has 11 heavy (non-hydrogen) atoms. The van der Waals surface area contributed by atoms with E-state index >= 15 is 0 Å². The Hall–Kier alpha value is -0.0100. The highest BCUT2D eigenvalue weighted by atomic mass is 79.9. The van der Waals surface area contributed by atoms with Crippen LogP contribution in [0.4, 0.5) is 0 Å². The predicted molar refractivity (Wildman–Crippen MR) is 45.6 cm³/mol. The van der Waals surface area contributed by atoms with Gasteiger partial charge in [-0.1, -0.05) is 27.3 Å². The van der Waals surface area contributed by atoms with Crippen LogP contribution in [0.15, 0.2) is 4.34 Å². The Bertz CT molecular complexity index is 345. The lowest BCUT2D eigenvalue weighted by molar-refractivity contribution is 0.600. The molecule has 0 aliphatic heterocycles. The first-order chi connectivity index (χ1) is 5.04. The molecule has 0 aliphatic carbocycles. The van der Waals surface area contributed by atoms with Crippen LogP contribution in [0, 0.1) is 0 Å². The van der Waals surface area contributed by atoms with Crippen molar-refractivity contribution >= 4 is 37.1 Å². The van der Waals surface area contributed by atoms with Crippen LogP contribution in [0.1, 0.15) is 5.01 Å². The molecule has 0 bridgehead atoms. The van der Waals surface area contributed by atoms with E-state index in [1.807, 2.05) is 0 Å². The third kappa shape index (κ3) is 2.21. The van der Waals surface area contributed by atoms with Crippen molar-refractivity contribution < 1.29 is 8.42 Å². The van der Waals surface area contributed by atoms with Crippen LogP contribution in [0.3, 0.4) is 0 Å². The van der Waals surface area contributed by atoms with Gasteiger partial charge in [-0.15, -0.1) is 10.2 Å². The fourth-order valence-corrected chi connectivity index (χ4v) is 2.40. The van der Waals surface area contributed by atoms with Gasteiger partial charge in [0.2, 0.25) is 14.2 Å². The van der Waals surface area contributed by atoms with Crippen LogP contribution in [-0.4, -0.2) is 24.9 Å². The normalized spacial score (nSPS) is 11.8. The Morgan fingerprint density at radius 1 is 1.55 bits per heavy atom. The summed E-state index contributed by atoms with van der Waals surface area (Å²) < 4.78 is 21.8. The minimum Gasteiger partial charge on any atom is -0.221 e. The lowest BCUT2D eigenvalue weighted by Crippen LogP contribution is -1.95. The summed E-state index contributed by atoms with van der Waals surface area (Å²) in [4.78, 5) is 0. The van der Waals surface area contributed by atoms with Gasteiger partial charge in [-0.3, -0.25) is 0 Å². The van der Waals surface area contributed by atoms with E-state index in [0.29, 0.717) is 10.3 Å². The van der Waals surface area contributed by atoms with Gasteiger partial charge in [0, 0.05) is 6.26 Å². The van der Waals surface area contributed by atoms with E-state index in [1.54, 1.807) is 0 Å². The maximum Gasteiger partial charge on any atom is 0.232 e. The molecule has 4 nitrogen and oxygen atoms in total. The van der Waals surface area contributed by atoms with Gasteiger partial charge in [0.05, 0.1) is 5.33 Å². The molecule has 1 rings (SSSR count). The van der Waals surface area contributed by atoms with E-state index in [0.717, 1.165) is 17.6 Å². The van der Waals surface area contributed by atoms with Crippen LogP contribution in [-0.2, 0) is 15.2 Å². The molecule has 0 amide bonds. The van der Waals surface area contributed by atoms with Gasteiger partial charge in [0.1, 0.15) is 5.01 Å². The van der Waals surface area contributed by atoms with Crippen molar-refractivity contribution in [1.82, 2.24) is 10.2 Å². The molecule has 62 valence electrons. The van der Waals surface area contributed by atoms with Crippen LogP contribution in [0.2, 0.25) is 0 Å². The zero-order chi connectivity index (χ0) is 8.48. The van der Waals surface area contributed by atoms with Crippen LogP contribution in [0.5, 0.6) is 0 Å². The van der Waals surface area contributed by atoms with Crippen molar-refractivity contribution in [1.29, 1.82) is 0 Å². The van der Waals surface area contributed by atoms with Gasteiger partial charge in [0.15, 0.2) is 0 Å². The highest BCUT2D eigenvalue weighted by molar-refractivity contribution is 9.08. The highest BCUT2D eigenvalue weighted by Crippen LogP contribution is 2.16. The Kier molecular flexibility index (Phi) is 2.61.